The molecule has 0 heterocycles. The van der Waals surface area contributed by atoms with E-state index >= 15 is 0 Å². The second kappa shape index (κ2) is 6.08. The Kier molecular flexibility index (Phi) is 4.45. The second-order valence-electron chi connectivity index (χ2n) is 5.10. The van der Waals surface area contributed by atoms with Crippen molar-refractivity contribution in [2.45, 2.75) is 38.2 Å². The maximum atomic E-state index is 11.7. The minimum absolute atomic E-state index is 0.0503. The molecule has 2 aliphatic carbocycles. The summed E-state index contributed by atoms with van der Waals surface area (Å²) in [5.74, 6) is 0.122. The van der Waals surface area contributed by atoms with Gasteiger partial charge in [-0.3, -0.25) is 4.79 Å². The van der Waals surface area contributed by atoms with E-state index in [4.69, 9.17) is 9.47 Å². The lowest BCUT2D eigenvalue weighted by molar-refractivity contribution is -0.147. The van der Waals surface area contributed by atoms with Crippen LogP contribution in [0.2, 0.25) is 0 Å². The summed E-state index contributed by atoms with van der Waals surface area (Å²) in [6.07, 6.45) is 5.38. The molecule has 0 aromatic heterocycles. The Morgan fingerprint density at radius 2 is 2.00 bits per heavy atom. The summed E-state index contributed by atoms with van der Waals surface area (Å²) in [6, 6.07) is 0. The number of carbonyl (C=O) groups excluding carboxylic acids is 2. The molecule has 2 bridgehead atoms. The third-order valence-electron chi connectivity index (χ3n) is 4.06. The van der Waals surface area contributed by atoms with Crippen molar-refractivity contribution in [3.05, 3.63) is 11.6 Å². The molecule has 1 unspecified atom stereocenters. The molecule has 0 amide bonds. The monoisotopic (exact) mass is 268 g/mol. The van der Waals surface area contributed by atoms with E-state index in [2.05, 4.69) is 4.74 Å². The summed E-state index contributed by atoms with van der Waals surface area (Å²) in [5.41, 5.74) is 1.12. The van der Waals surface area contributed by atoms with Crippen molar-refractivity contribution in [3.8, 4) is 0 Å². The van der Waals surface area contributed by atoms with Crippen LogP contribution in [0.25, 0.3) is 0 Å². The van der Waals surface area contributed by atoms with Gasteiger partial charge in [-0.1, -0.05) is 6.08 Å². The number of allylic oxidation sites excluding steroid dienone is 1. The molecular weight excluding hydrogens is 248 g/mol. The molecule has 1 fully saturated rings. The fourth-order valence-electron chi connectivity index (χ4n) is 3.06. The Hall–Kier alpha value is -1.52. The molecule has 0 N–H and O–H groups in total. The van der Waals surface area contributed by atoms with Crippen LogP contribution in [0.4, 0.5) is 4.79 Å². The molecule has 3 atom stereocenters. The van der Waals surface area contributed by atoms with Gasteiger partial charge in [0, 0.05) is 0 Å². The molecule has 0 aromatic carbocycles. The van der Waals surface area contributed by atoms with Crippen molar-refractivity contribution in [3.63, 3.8) is 0 Å². The number of rotatable bonds is 2. The van der Waals surface area contributed by atoms with E-state index in [1.807, 2.05) is 6.08 Å². The van der Waals surface area contributed by atoms with Crippen LogP contribution in [0.5, 0.6) is 0 Å². The maximum absolute atomic E-state index is 11.7. The normalized spacial score (nSPS) is 29.8. The SMILES string of the molecule is COC(=O)OC1CCC[C@H]2CC1=CC[C@@H]2C(=O)OC. The molecule has 5 nitrogen and oxygen atoms in total. The summed E-state index contributed by atoms with van der Waals surface area (Å²) >= 11 is 0. The third kappa shape index (κ3) is 3.08. The van der Waals surface area contributed by atoms with Gasteiger partial charge in [-0.05, 0) is 43.6 Å². The van der Waals surface area contributed by atoms with Crippen molar-refractivity contribution in [2.75, 3.05) is 14.2 Å². The highest BCUT2D eigenvalue weighted by Crippen LogP contribution is 2.40. The van der Waals surface area contributed by atoms with Crippen molar-refractivity contribution >= 4 is 12.1 Å². The average Bonchev–Trinajstić information content (AvgIpc) is 2.58. The number of carbonyl (C=O) groups is 2. The summed E-state index contributed by atoms with van der Waals surface area (Å²) in [6.45, 7) is 0. The fraction of sp³-hybridized carbons (Fsp3) is 0.714. The van der Waals surface area contributed by atoms with Crippen LogP contribution in [0.1, 0.15) is 32.1 Å². The fourth-order valence-corrected chi connectivity index (χ4v) is 3.06. The lowest BCUT2D eigenvalue weighted by Crippen LogP contribution is -2.29. The van der Waals surface area contributed by atoms with Gasteiger partial charge in [-0.15, -0.1) is 0 Å². The van der Waals surface area contributed by atoms with E-state index in [0.717, 1.165) is 31.3 Å². The van der Waals surface area contributed by atoms with Gasteiger partial charge in [-0.2, -0.15) is 0 Å². The Morgan fingerprint density at radius 3 is 2.68 bits per heavy atom. The zero-order chi connectivity index (χ0) is 13.8. The highest BCUT2D eigenvalue weighted by atomic mass is 16.7. The number of methoxy groups -OCH3 is 2. The average molecular weight is 268 g/mol. The van der Waals surface area contributed by atoms with E-state index in [1.54, 1.807) is 0 Å². The molecular formula is C14H20O5. The molecule has 106 valence electrons. The number of hydrogen-bond donors (Lipinski definition) is 0. The number of fused-ring (bicyclic) bond motifs is 2. The number of esters is 1. The van der Waals surface area contributed by atoms with Gasteiger partial charge in [0.1, 0.15) is 6.10 Å². The summed E-state index contributed by atoms with van der Waals surface area (Å²) in [4.78, 5) is 23.0. The highest BCUT2D eigenvalue weighted by Gasteiger charge is 2.36. The van der Waals surface area contributed by atoms with E-state index in [-0.39, 0.29) is 18.0 Å². The third-order valence-corrected chi connectivity index (χ3v) is 4.06. The van der Waals surface area contributed by atoms with Crippen LogP contribution in [0.3, 0.4) is 0 Å². The number of ether oxygens (including phenoxy) is 3. The van der Waals surface area contributed by atoms with Crippen LogP contribution >= 0.6 is 0 Å². The molecule has 1 saturated carbocycles. The zero-order valence-corrected chi connectivity index (χ0v) is 11.4. The van der Waals surface area contributed by atoms with Crippen LogP contribution in [-0.2, 0) is 19.0 Å². The number of hydrogen-bond acceptors (Lipinski definition) is 5. The first kappa shape index (κ1) is 13.9. The van der Waals surface area contributed by atoms with Gasteiger partial charge in [-0.25, -0.2) is 4.79 Å². The first-order chi connectivity index (χ1) is 9.15. The molecule has 2 aliphatic rings. The van der Waals surface area contributed by atoms with Gasteiger partial charge < -0.3 is 14.2 Å². The van der Waals surface area contributed by atoms with Crippen LogP contribution in [0, 0.1) is 11.8 Å². The van der Waals surface area contributed by atoms with Crippen molar-refractivity contribution in [1.29, 1.82) is 0 Å². The molecule has 0 radical (unpaired) electrons. The summed E-state index contributed by atoms with van der Waals surface area (Å²) < 4.78 is 14.7. The Morgan fingerprint density at radius 1 is 1.21 bits per heavy atom. The topological polar surface area (TPSA) is 61.8 Å². The first-order valence-corrected chi connectivity index (χ1v) is 6.67. The molecule has 0 aromatic rings. The maximum Gasteiger partial charge on any atom is 0.508 e. The Balaban J connectivity index is 2.09. The standard InChI is InChI=1S/C14H20O5/c1-17-13(15)11-7-6-10-8-9(11)4-3-5-12(10)19-14(16)18-2/h6,9,11-12H,3-5,7-8H2,1-2H3/t9-,11-,12?/m0/s1. The molecule has 5 heteroatoms. The van der Waals surface area contributed by atoms with Crippen LogP contribution < -0.4 is 0 Å². The van der Waals surface area contributed by atoms with Crippen molar-refractivity contribution in [1.82, 2.24) is 0 Å². The van der Waals surface area contributed by atoms with Crippen molar-refractivity contribution in [2.24, 2.45) is 11.8 Å². The van der Waals surface area contributed by atoms with Gasteiger partial charge in [0.25, 0.3) is 0 Å². The Labute approximate surface area is 112 Å². The van der Waals surface area contributed by atoms with E-state index in [9.17, 15) is 9.59 Å². The van der Waals surface area contributed by atoms with Gasteiger partial charge in [0.05, 0.1) is 20.1 Å². The predicted molar refractivity (Wildman–Crippen MR) is 67.4 cm³/mol. The highest BCUT2D eigenvalue weighted by molar-refractivity contribution is 5.73. The lowest BCUT2D eigenvalue weighted by atomic mass is 9.78. The minimum atomic E-state index is -0.639. The van der Waals surface area contributed by atoms with E-state index < -0.39 is 6.16 Å². The van der Waals surface area contributed by atoms with Crippen LogP contribution in [0.15, 0.2) is 11.6 Å². The zero-order valence-electron chi connectivity index (χ0n) is 11.4. The quantitative estimate of drug-likeness (QED) is 0.568. The van der Waals surface area contributed by atoms with E-state index in [0.29, 0.717) is 12.3 Å². The first-order valence-electron chi connectivity index (χ1n) is 6.67. The molecule has 19 heavy (non-hydrogen) atoms. The predicted octanol–water partition coefficient (Wildman–Crippen LogP) is 2.45. The van der Waals surface area contributed by atoms with Gasteiger partial charge in [0.15, 0.2) is 0 Å². The van der Waals surface area contributed by atoms with Gasteiger partial charge in [0.2, 0.25) is 0 Å². The van der Waals surface area contributed by atoms with Crippen LogP contribution in [-0.4, -0.2) is 32.4 Å². The lowest BCUT2D eigenvalue weighted by Gasteiger charge is -2.29. The molecule has 2 rings (SSSR count). The molecule has 0 aliphatic heterocycles. The van der Waals surface area contributed by atoms with E-state index in [1.165, 1.54) is 14.2 Å². The summed E-state index contributed by atoms with van der Waals surface area (Å²) in [5, 5.41) is 0. The smallest absolute Gasteiger partial charge is 0.469 e. The summed E-state index contributed by atoms with van der Waals surface area (Å²) in [7, 11) is 2.74. The minimum Gasteiger partial charge on any atom is -0.469 e. The molecule has 0 saturated heterocycles. The second-order valence-corrected chi connectivity index (χ2v) is 5.10. The van der Waals surface area contributed by atoms with Gasteiger partial charge >= 0.3 is 12.1 Å². The molecule has 0 spiro atoms. The largest absolute Gasteiger partial charge is 0.508 e. The Bertz CT molecular complexity index is 387. The van der Waals surface area contributed by atoms with Crippen molar-refractivity contribution < 1.29 is 23.8 Å².